The van der Waals surface area contributed by atoms with Crippen molar-refractivity contribution in [2.24, 2.45) is 0 Å². The Morgan fingerprint density at radius 3 is 1.75 bits per heavy atom. The molecule has 0 fully saturated rings. The Labute approximate surface area is 396 Å². The van der Waals surface area contributed by atoms with Crippen LogP contribution in [0.4, 0.5) is 17.1 Å². The second-order valence-corrected chi connectivity index (χ2v) is 18.6. The van der Waals surface area contributed by atoms with Crippen LogP contribution in [0.3, 0.4) is 0 Å². The van der Waals surface area contributed by atoms with Crippen molar-refractivity contribution in [3.63, 3.8) is 0 Å². The van der Waals surface area contributed by atoms with E-state index >= 15 is 0 Å². The molecule has 0 unspecified atom stereocenters. The summed E-state index contributed by atoms with van der Waals surface area (Å²) < 4.78 is 12.1. The molecule has 14 aromatic rings. The van der Waals surface area contributed by atoms with Gasteiger partial charge in [-0.15, -0.1) is 11.3 Å². The largest absolute Gasteiger partial charge is 0.455 e. The van der Waals surface area contributed by atoms with E-state index in [0.29, 0.717) is 0 Å². The Hall–Kier alpha value is -8.70. The number of anilines is 3. The van der Waals surface area contributed by atoms with Crippen LogP contribution in [0.25, 0.3) is 114 Å². The van der Waals surface area contributed by atoms with Gasteiger partial charge < -0.3 is 13.9 Å². The molecule has 68 heavy (non-hydrogen) atoms. The Morgan fingerprint density at radius 2 is 0.971 bits per heavy atom. The Bertz CT molecular complexity index is 4210. The van der Waals surface area contributed by atoms with Crippen LogP contribution in [-0.2, 0) is 0 Å². The Balaban J connectivity index is 0.968. The summed E-state index contributed by atoms with van der Waals surface area (Å²) in [5.41, 5.74) is 15.2. The maximum Gasteiger partial charge on any atom is 0.145 e. The van der Waals surface area contributed by atoms with Crippen molar-refractivity contribution in [3.05, 3.63) is 243 Å². The Morgan fingerprint density at radius 1 is 0.382 bits per heavy atom. The van der Waals surface area contributed by atoms with Crippen LogP contribution < -0.4 is 4.90 Å². The predicted octanol–water partition coefficient (Wildman–Crippen LogP) is 18.7. The van der Waals surface area contributed by atoms with Crippen molar-refractivity contribution in [2.45, 2.75) is 0 Å². The highest BCUT2D eigenvalue weighted by atomic mass is 32.1. The fourth-order valence-corrected chi connectivity index (χ4v) is 11.9. The summed E-state index contributed by atoms with van der Waals surface area (Å²) in [4.78, 5) is 2.40. The minimum atomic E-state index is 0.850. The summed E-state index contributed by atoms with van der Waals surface area (Å²) in [6, 6.07) is 88.1. The van der Waals surface area contributed by atoms with Gasteiger partial charge in [-0.1, -0.05) is 170 Å². The van der Waals surface area contributed by atoms with Crippen molar-refractivity contribution in [2.75, 3.05) is 4.90 Å². The monoisotopic (exact) mass is 884 g/mol. The molecule has 0 N–H and O–H groups in total. The van der Waals surface area contributed by atoms with E-state index in [-0.39, 0.29) is 0 Å². The lowest BCUT2D eigenvalue weighted by atomic mass is 9.97. The van der Waals surface area contributed by atoms with Gasteiger partial charge in [-0.3, -0.25) is 0 Å². The lowest BCUT2D eigenvalue weighted by molar-refractivity contribution is 0.670. The van der Waals surface area contributed by atoms with Crippen LogP contribution in [0, 0.1) is 0 Å². The fourth-order valence-electron chi connectivity index (χ4n) is 10.7. The van der Waals surface area contributed by atoms with Gasteiger partial charge in [0.1, 0.15) is 11.2 Å². The quantitative estimate of drug-likeness (QED) is 0.159. The first-order chi connectivity index (χ1) is 33.7. The number of aromatic nitrogens is 1. The van der Waals surface area contributed by atoms with E-state index in [1.54, 1.807) is 0 Å². The number of benzene rings is 11. The topological polar surface area (TPSA) is 21.3 Å². The van der Waals surface area contributed by atoms with Crippen molar-refractivity contribution in [1.29, 1.82) is 0 Å². The molecule has 11 aromatic carbocycles. The molecule has 3 aromatic heterocycles. The van der Waals surface area contributed by atoms with Crippen molar-refractivity contribution >= 4 is 103 Å². The highest BCUT2D eigenvalue weighted by molar-refractivity contribution is 7.26. The molecule has 4 heteroatoms. The van der Waals surface area contributed by atoms with Crippen LogP contribution in [-0.4, -0.2) is 4.57 Å². The van der Waals surface area contributed by atoms with Gasteiger partial charge in [0.15, 0.2) is 0 Å². The average Bonchev–Trinajstić information content (AvgIpc) is 4.10. The van der Waals surface area contributed by atoms with Crippen LogP contribution in [0.2, 0.25) is 0 Å². The zero-order valence-electron chi connectivity index (χ0n) is 36.8. The molecule has 14 rings (SSSR count). The summed E-state index contributed by atoms with van der Waals surface area (Å²) in [7, 11) is 0. The molecule has 3 nitrogen and oxygen atoms in total. The molecule has 0 atom stereocenters. The van der Waals surface area contributed by atoms with E-state index in [4.69, 9.17) is 4.42 Å². The number of hydrogen-bond acceptors (Lipinski definition) is 3. The number of furan rings is 1. The molecule has 0 radical (unpaired) electrons. The first kappa shape index (κ1) is 38.6. The van der Waals surface area contributed by atoms with Gasteiger partial charge in [-0.25, -0.2) is 0 Å². The Kier molecular flexibility index (Phi) is 8.76. The third-order valence-corrected chi connectivity index (χ3v) is 15.0. The number of fused-ring (bicyclic) bond motifs is 10. The highest BCUT2D eigenvalue weighted by Gasteiger charge is 2.25. The molecular weight excluding hydrogens is 845 g/mol. The second-order valence-electron chi connectivity index (χ2n) is 17.6. The van der Waals surface area contributed by atoms with E-state index in [0.717, 1.165) is 55.8 Å². The molecule has 0 amide bonds. The molecule has 0 saturated carbocycles. The number of hydrogen-bond donors (Lipinski definition) is 0. The van der Waals surface area contributed by atoms with Crippen molar-refractivity contribution < 1.29 is 4.42 Å². The number of thiophene rings is 1. The van der Waals surface area contributed by atoms with E-state index in [9.17, 15) is 0 Å². The zero-order valence-corrected chi connectivity index (χ0v) is 37.6. The van der Waals surface area contributed by atoms with E-state index in [2.05, 4.69) is 252 Å². The number of rotatable bonds is 7. The molecule has 0 saturated heterocycles. The summed E-state index contributed by atoms with van der Waals surface area (Å²) in [5.74, 6) is 0. The molecular formula is C64H40N2OS. The average molecular weight is 885 g/mol. The first-order valence-electron chi connectivity index (χ1n) is 23.2. The lowest BCUT2D eigenvalue weighted by Crippen LogP contribution is -2.10. The third-order valence-electron chi connectivity index (χ3n) is 13.8. The zero-order chi connectivity index (χ0) is 44.7. The normalized spacial score (nSPS) is 11.8. The van der Waals surface area contributed by atoms with E-state index < -0.39 is 0 Å². The van der Waals surface area contributed by atoms with E-state index in [1.807, 2.05) is 11.3 Å². The van der Waals surface area contributed by atoms with Gasteiger partial charge in [0, 0.05) is 58.8 Å². The van der Waals surface area contributed by atoms with Crippen molar-refractivity contribution in [1.82, 2.24) is 4.57 Å². The molecule has 3 heterocycles. The number of nitrogens with zero attached hydrogens (tertiary/aromatic N) is 2. The maximum absolute atomic E-state index is 7.07. The van der Waals surface area contributed by atoms with Gasteiger partial charge in [0.05, 0.1) is 27.8 Å². The summed E-state index contributed by atoms with van der Waals surface area (Å²) in [6.45, 7) is 0. The molecule has 0 aliphatic heterocycles. The van der Waals surface area contributed by atoms with E-state index in [1.165, 1.54) is 75.0 Å². The highest BCUT2D eigenvalue weighted by Crippen LogP contribution is 2.48. The maximum atomic E-state index is 7.07. The standard InChI is InChI=1S/C64H40N2OS/c1-2-15-44-40-45(29-28-41(44)14-1)42-30-34-46(35-31-42)65(47-36-32-43(33-37-47)48-21-13-22-54-52-19-7-12-27-61(52)68-64(48)54)59-39-38-53(63-62(59)55-20-6-11-26-60(55)67-63)51-18-5-10-25-58(51)66-56-23-8-3-16-49(56)50-17-4-9-24-57(50)66/h1-40H. The smallest absolute Gasteiger partial charge is 0.145 e. The van der Waals surface area contributed by atoms with Crippen LogP contribution in [0.1, 0.15) is 0 Å². The second kappa shape index (κ2) is 15.5. The van der Waals surface area contributed by atoms with Gasteiger partial charge in [0.25, 0.3) is 0 Å². The van der Waals surface area contributed by atoms with Gasteiger partial charge in [0.2, 0.25) is 0 Å². The lowest BCUT2D eigenvalue weighted by Gasteiger charge is -2.27. The molecule has 0 aliphatic carbocycles. The van der Waals surface area contributed by atoms with Gasteiger partial charge >= 0.3 is 0 Å². The summed E-state index contributed by atoms with van der Waals surface area (Å²) >= 11 is 1.87. The third kappa shape index (κ3) is 6.05. The van der Waals surface area contributed by atoms with Crippen LogP contribution >= 0.6 is 11.3 Å². The molecule has 0 bridgehead atoms. The SMILES string of the molecule is c1ccc(-n2c3ccccc3c3ccccc32)c(-c2ccc(N(c3ccc(-c4ccc5ccccc5c4)cc3)c3ccc(-c4cccc5c4sc4ccccc45)cc3)c3c2oc2ccccc23)c1. The molecule has 318 valence electrons. The fraction of sp³-hybridized carbons (Fsp3) is 0. The van der Waals surface area contributed by atoms with Gasteiger partial charge in [-0.05, 0) is 106 Å². The van der Waals surface area contributed by atoms with Crippen LogP contribution in [0.5, 0.6) is 0 Å². The minimum Gasteiger partial charge on any atom is -0.455 e. The van der Waals surface area contributed by atoms with Gasteiger partial charge in [-0.2, -0.15) is 0 Å². The predicted molar refractivity (Wildman–Crippen MR) is 289 cm³/mol. The molecule has 0 spiro atoms. The number of para-hydroxylation sites is 4. The van der Waals surface area contributed by atoms with Crippen LogP contribution in [0.15, 0.2) is 247 Å². The first-order valence-corrected chi connectivity index (χ1v) is 24.0. The van der Waals surface area contributed by atoms with Crippen molar-refractivity contribution in [3.8, 4) is 39.1 Å². The minimum absolute atomic E-state index is 0.850. The summed E-state index contributed by atoms with van der Waals surface area (Å²) in [6.07, 6.45) is 0. The summed E-state index contributed by atoms with van der Waals surface area (Å²) in [5, 5.41) is 9.68. The molecule has 0 aliphatic rings.